The number of sulfonamides is 1. The van der Waals surface area contributed by atoms with Crippen LogP contribution in [-0.4, -0.2) is 29.3 Å². The van der Waals surface area contributed by atoms with E-state index in [2.05, 4.69) is 5.10 Å². The van der Waals surface area contributed by atoms with Gasteiger partial charge in [-0.2, -0.15) is 18.3 Å². The van der Waals surface area contributed by atoms with Crippen molar-refractivity contribution in [3.8, 4) is 16.8 Å². The number of primary sulfonamides is 1. The van der Waals surface area contributed by atoms with E-state index in [1.54, 1.807) is 0 Å². The monoisotopic (exact) mass is 411 g/mol. The minimum atomic E-state index is -4.76. The highest BCUT2D eigenvalue weighted by molar-refractivity contribution is 7.89. The van der Waals surface area contributed by atoms with Crippen LogP contribution < -0.4 is 5.14 Å². The van der Waals surface area contributed by atoms with E-state index in [9.17, 15) is 26.4 Å². The number of benzene rings is 2. The molecule has 3 rings (SSSR count). The lowest BCUT2D eigenvalue weighted by Crippen LogP contribution is -2.12. The van der Waals surface area contributed by atoms with Crippen LogP contribution in [0.15, 0.2) is 59.6 Å². The van der Waals surface area contributed by atoms with Crippen LogP contribution in [0, 0.1) is 0 Å². The molecule has 7 nitrogen and oxygen atoms in total. The molecule has 0 amide bonds. The molecule has 0 aliphatic heterocycles. The van der Waals surface area contributed by atoms with Gasteiger partial charge in [0.2, 0.25) is 10.0 Å². The maximum absolute atomic E-state index is 13.4. The van der Waals surface area contributed by atoms with Crippen molar-refractivity contribution in [3.05, 3.63) is 66.0 Å². The zero-order chi connectivity index (χ0) is 20.7. The third-order valence-corrected chi connectivity index (χ3v) is 4.78. The number of hydrogen-bond donors (Lipinski definition) is 2. The molecular weight excluding hydrogens is 399 g/mol. The second-order valence-electron chi connectivity index (χ2n) is 5.76. The van der Waals surface area contributed by atoms with Crippen molar-refractivity contribution < 1.29 is 31.5 Å². The maximum Gasteiger partial charge on any atom is 0.435 e. The summed E-state index contributed by atoms with van der Waals surface area (Å²) in [6, 6.07) is 9.73. The molecule has 0 unspecified atom stereocenters. The van der Waals surface area contributed by atoms with Crippen LogP contribution in [0.25, 0.3) is 16.8 Å². The van der Waals surface area contributed by atoms with E-state index in [0.717, 1.165) is 23.0 Å². The summed E-state index contributed by atoms with van der Waals surface area (Å²) in [4.78, 5) is 10.7. The summed E-state index contributed by atoms with van der Waals surface area (Å²) in [7, 11) is -3.94. The van der Waals surface area contributed by atoms with Crippen LogP contribution in [0.2, 0.25) is 0 Å². The van der Waals surface area contributed by atoms with Gasteiger partial charge in [-0.05, 0) is 42.0 Å². The van der Waals surface area contributed by atoms with E-state index >= 15 is 0 Å². The Balaban J connectivity index is 2.09. The highest BCUT2D eigenvalue weighted by atomic mass is 32.2. The van der Waals surface area contributed by atoms with Gasteiger partial charge < -0.3 is 5.11 Å². The fourth-order valence-electron chi connectivity index (χ4n) is 2.51. The number of nitrogens with two attached hydrogens (primary N) is 1. The molecule has 1 heterocycles. The Morgan fingerprint density at radius 3 is 2.07 bits per heavy atom. The molecule has 28 heavy (non-hydrogen) atoms. The van der Waals surface area contributed by atoms with Crippen molar-refractivity contribution in [2.75, 3.05) is 0 Å². The Kier molecular flexibility index (Phi) is 4.73. The van der Waals surface area contributed by atoms with Gasteiger partial charge in [-0.25, -0.2) is 23.0 Å². The molecule has 1 aromatic heterocycles. The lowest BCUT2D eigenvalue weighted by molar-refractivity contribution is -0.140. The van der Waals surface area contributed by atoms with E-state index in [1.807, 2.05) is 0 Å². The van der Waals surface area contributed by atoms with Gasteiger partial charge in [0, 0.05) is 11.8 Å². The van der Waals surface area contributed by atoms with Crippen molar-refractivity contribution in [1.29, 1.82) is 0 Å². The van der Waals surface area contributed by atoms with Gasteiger partial charge in [0.25, 0.3) is 0 Å². The van der Waals surface area contributed by atoms with Crippen LogP contribution in [0.4, 0.5) is 13.2 Å². The summed E-state index contributed by atoms with van der Waals surface area (Å²) < 4.78 is 63.8. The van der Waals surface area contributed by atoms with Crippen LogP contribution in [0.3, 0.4) is 0 Å². The molecule has 0 saturated carbocycles. The first-order valence-electron chi connectivity index (χ1n) is 7.60. The number of carboxylic acid groups (broad SMARTS) is 1. The first-order chi connectivity index (χ1) is 13.0. The van der Waals surface area contributed by atoms with E-state index in [4.69, 9.17) is 10.2 Å². The molecule has 0 atom stereocenters. The molecule has 3 aromatic rings. The summed E-state index contributed by atoms with van der Waals surface area (Å²) in [6.45, 7) is 0. The Bertz CT molecular complexity index is 1140. The van der Waals surface area contributed by atoms with E-state index in [0.29, 0.717) is 0 Å². The summed E-state index contributed by atoms with van der Waals surface area (Å²) >= 11 is 0. The Morgan fingerprint density at radius 1 is 1.04 bits per heavy atom. The van der Waals surface area contributed by atoms with Gasteiger partial charge in [0.1, 0.15) is 0 Å². The predicted octanol–water partition coefficient (Wildman–Crippen LogP) is 2.90. The molecule has 0 aliphatic carbocycles. The molecule has 0 saturated heterocycles. The standard InChI is InChI=1S/C17H12F3N3O4S/c18-17(19,20)15-14(10-1-3-11(4-2-10)16(24)25)9-23(22-15)12-5-7-13(8-6-12)28(21,26)27/h1-9H,(H,24,25)(H2,21,26,27). The number of alkyl halides is 3. The second kappa shape index (κ2) is 6.77. The van der Waals surface area contributed by atoms with Gasteiger partial charge in [-0.15, -0.1) is 0 Å². The molecule has 0 bridgehead atoms. The SMILES string of the molecule is NS(=O)(=O)c1ccc(-n2cc(-c3ccc(C(=O)O)cc3)c(C(F)(F)F)n2)cc1. The fourth-order valence-corrected chi connectivity index (χ4v) is 3.02. The summed E-state index contributed by atoms with van der Waals surface area (Å²) in [6.07, 6.45) is -3.63. The van der Waals surface area contributed by atoms with Crippen molar-refractivity contribution in [3.63, 3.8) is 0 Å². The minimum absolute atomic E-state index is 0.0664. The van der Waals surface area contributed by atoms with Crippen LogP contribution >= 0.6 is 0 Å². The predicted molar refractivity (Wildman–Crippen MR) is 92.3 cm³/mol. The number of halogens is 3. The van der Waals surface area contributed by atoms with Crippen LogP contribution in [0.5, 0.6) is 0 Å². The topological polar surface area (TPSA) is 115 Å². The average molecular weight is 411 g/mol. The first kappa shape index (κ1) is 19.6. The Morgan fingerprint density at radius 2 is 1.61 bits per heavy atom. The lowest BCUT2D eigenvalue weighted by atomic mass is 10.0. The summed E-state index contributed by atoms with van der Waals surface area (Å²) in [5.41, 5.74) is -1.16. The average Bonchev–Trinajstić information content (AvgIpc) is 3.07. The number of nitrogens with zero attached hydrogens (tertiary/aromatic N) is 2. The van der Waals surface area contributed by atoms with Crippen molar-refractivity contribution in [2.45, 2.75) is 11.1 Å². The Labute approximate surface area is 156 Å². The molecule has 3 N–H and O–H groups in total. The number of hydrogen-bond acceptors (Lipinski definition) is 4. The highest BCUT2D eigenvalue weighted by Crippen LogP contribution is 2.36. The van der Waals surface area contributed by atoms with Crippen LogP contribution in [-0.2, 0) is 16.2 Å². The summed E-state index contributed by atoms with van der Waals surface area (Å²) in [5.74, 6) is -1.20. The number of aromatic carboxylic acids is 1. The molecule has 0 aliphatic rings. The van der Waals surface area contributed by atoms with Gasteiger partial charge >= 0.3 is 12.1 Å². The molecule has 0 fully saturated rings. The van der Waals surface area contributed by atoms with E-state index in [1.165, 1.54) is 36.4 Å². The third-order valence-electron chi connectivity index (χ3n) is 3.86. The highest BCUT2D eigenvalue weighted by Gasteiger charge is 2.37. The minimum Gasteiger partial charge on any atom is -0.478 e. The molecule has 0 spiro atoms. The molecule has 2 aromatic carbocycles. The molecule has 146 valence electrons. The van der Waals surface area contributed by atoms with Crippen molar-refractivity contribution >= 4 is 16.0 Å². The lowest BCUT2D eigenvalue weighted by Gasteiger charge is -2.06. The van der Waals surface area contributed by atoms with Crippen molar-refractivity contribution in [2.24, 2.45) is 5.14 Å². The van der Waals surface area contributed by atoms with Gasteiger partial charge in [-0.1, -0.05) is 12.1 Å². The largest absolute Gasteiger partial charge is 0.478 e. The van der Waals surface area contributed by atoms with Gasteiger partial charge in [-0.3, -0.25) is 0 Å². The van der Waals surface area contributed by atoms with Gasteiger partial charge in [0.05, 0.1) is 16.1 Å². The number of carbonyl (C=O) groups is 1. The Hall–Kier alpha value is -3.18. The fraction of sp³-hybridized carbons (Fsp3) is 0.0588. The number of aromatic nitrogens is 2. The third kappa shape index (κ3) is 3.89. The number of rotatable bonds is 4. The van der Waals surface area contributed by atoms with Crippen molar-refractivity contribution in [1.82, 2.24) is 9.78 Å². The zero-order valence-electron chi connectivity index (χ0n) is 13.9. The maximum atomic E-state index is 13.4. The molecule has 11 heteroatoms. The quantitative estimate of drug-likeness (QED) is 0.685. The molecular formula is C17H12F3N3O4S. The summed E-state index contributed by atoms with van der Waals surface area (Å²) in [5, 5.41) is 17.5. The molecule has 0 radical (unpaired) electrons. The van der Waals surface area contributed by atoms with Gasteiger partial charge in [0.15, 0.2) is 5.69 Å². The smallest absolute Gasteiger partial charge is 0.435 e. The first-order valence-corrected chi connectivity index (χ1v) is 9.15. The van der Waals surface area contributed by atoms with E-state index in [-0.39, 0.29) is 27.3 Å². The van der Waals surface area contributed by atoms with E-state index < -0.39 is 27.9 Å². The second-order valence-corrected chi connectivity index (χ2v) is 7.32. The number of carboxylic acids is 1. The zero-order valence-corrected chi connectivity index (χ0v) is 14.7. The normalized spacial score (nSPS) is 12.1. The van der Waals surface area contributed by atoms with Crippen LogP contribution in [0.1, 0.15) is 16.1 Å².